The molecule has 4 rings (SSSR count). The van der Waals surface area contributed by atoms with Gasteiger partial charge in [-0.05, 0) is 42.0 Å². The van der Waals surface area contributed by atoms with Crippen molar-refractivity contribution in [2.45, 2.75) is 38.1 Å². The number of benzene rings is 1. The van der Waals surface area contributed by atoms with Crippen molar-refractivity contribution in [3.8, 4) is 11.1 Å². The smallest absolute Gasteiger partial charge is 0.115 e. The second kappa shape index (κ2) is 7.76. The van der Waals surface area contributed by atoms with Crippen LogP contribution >= 0.6 is 0 Å². The van der Waals surface area contributed by atoms with E-state index in [1.54, 1.807) is 6.20 Å². The molecule has 1 aromatic carbocycles. The van der Waals surface area contributed by atoms with Gasteiger partial charge in [-0.1, -0.05) is 18.2 Å². The van der Waals surface area contributed by atoms with Gasteiger partial charge in [-0.3, -0.25) is 4.68 Å². The van der Waals surface area contributed by atoms with Crippen LogP contribution in [0.15, 0.2) is 61.4 Å². The molecule has 1 unspecified atom stereocenters. The molecule has 2 heterocycles. The highest BCUT2D eigenvalue weighted by Gasteiger charge is 2.32. The van der Waals surface area contributed by atoms with E-state index in [4.69, 9.17) is 0 Å². The molecule has 6 heteroatoms. The molecular formula is C20H23N5O. The molecule has 0 bridgehead atoms. The monoisotopic (exact) mass is 349 g/mol. The van der Waals surface area contributed by atoms with Crippen LogP contribution < -0.4 is 5.32 Å². The molecule has 1 aliphatic carbocycles. The molecule has 0 aliphatic heterocycles. The normalized spacial score (nSPS) is 22.6. The van der Waals surface area contributed by atoms with E-state index < -0.39 is 0 Å². The Balaban J connectivity index is 1.35. The van der Waals surface area contributed by atoms with Crippen molar-refractivity contribution < 1.29 is 5.11 Å². The van der Waals surface area contributed by atoms with Crippen LogP contribution in [0.1, 0.15) is 18.4 Å². The first-order valence-corrected chi connectivity index (χ1v) is 9.01. The number of aromatic nitrogens is 4. The van der Waals surface area contributed by atoms with Gasteiger partial charge < -0.3 is 10.4 Å². The highest BCUT2D eigenvalue weighted by molar-refractivity contribution is 5.62. The van der Waals surface area contributed by atoms with Gasteiger partial charge in [0.25, 0.3) is 0 Å². The van der Waals surface area contributed by atoms with Gasteiger partial charge in [-0.25, -0.2) is 9.97 Å². The Morgan fingerprint density at radius 3 is 2.81 bits per heavy atom. The van der Waals surface area contributed by atoms with E-state index in [1.807, 2.05) is 35.4 Å². The third-order valence-electron chi connectivity index (χ3n) is 5.02. The van der Waals surface area contributed by atoms with Crippen molar-refractivity contribution in [1.29, 1.82) is 0 Å². The summed E-state index contributed by atoms with van der Waals surface area (Å²) in [5.74, 6) is 0.454. The minimum atomic E-state index is -0.304. The van der Waals surface area contributed by atoms with E-state index in [0.717, 1.165) is 37.1 Å². The third kappa shape index (κ3) is 3.98. The zero-order valence-electron chi connectivity index (χ0n) is 14.6. The van der Waals surface area contributed by atoms with Crippen LogP contribution in [0.3, 0.4) is 0 Å². The van der Waals surface area contributed by atoms with Crippen molar-refractivity contribution in [3.05, 3.63) is 67.0 Å². The molecule has 0 saturated heterocycles. The zero-order valence-corrected chi connectivity index (χ0v) is 14.6. The Hall–Kier alpha value is -2.57. The predicted molar refractivity (Wildman–Crippen MR) is 99.1 cm³/mol. The molecule has 3 atom stereocenters. The van der Waals surface area contributed by atoms with E-state index in [-0.39, 0.29) is 12.1 Å². The summed E-state index contributed by atoms with van der Waals surface area (Å²) in [7, 11) is 0. The van der Waals surface area contributed by atoms with Crippen LogP contribution in [0.4, 0.5) is 0 Å². The number of aliphatic hydroxyl groups is 1. The topological polar surface area (TPSA) is 75.9 Å². The summed E-state index contributed by atoms with van der Waals surface area (Å²) in [6.45, 7) is 1.60. The highest BCUT2D eigenvalue weighted by atomic mass is 16.3. The Labute approximate surface area is 152 Å². The van der Waals surface area contributed by atoms with Gasteiger partial charge in [-0.15, -0.1) is 0 Å². The van der Waals surface area contributed by atoms with E-state index in [9.17, 15) is 5.11 Å². The molecule has 134 valence electrons. The summed E-state index contributed by atoms with van der Waals surface area (Å²) in [5, 5.41) is 18.2. The molecule has 0 radical (unpaired) electrons. The standard InChI is InChI=1S/C20H23N5O/c26-20-9-16(13-25-6-2-5-24-25)8-19(20)23-10-15-3-1-4-17(7-15)18-11-21-14-22-12-18/h1-7,11-12,14,16,19-20,23,26H,8-10,13H2/t16?,19-,20-/m1/s1. The maximum atomic E-state index is 10.4. The largest absolute Gasteiger partial charge is 0.391 e. The molecule has 3 aromatic rings. The second-order valence-corrected chi connectivity index (χ2v) is 6.95. The highest BCUT2D eigenvalue weighted by Crippen LogP contribution is 2.28. The maximum Gasteiger partial charge on any atom is 0.115 e. The molecule has 0 amide bonds. The Morgan fingerprint density at radius 1 is 1.12 bits per heavy atom. The minimum absolute atomic E-state index is 0.124. The summed E-state index contributed by atoms with van der Waals surface area (Å²) < 4.78 is 1.95. The number of aliphatic hydroxyl groups excluding tert-OH is 1. The summed E-state index contributed by atoms with van der Waals surface area (Å²) in [6.07, 6.45) is 10.4. The minimum Gasteiger partial charge on any atom is -0.391 e. The number of nitrogens with zero attached hydrogens (tertiary/aromatic N) is 4. The number of hydrogen-bond donors (Lipinski definition) is 2. The molecule has 1 saturated carbocycles. The molecule has 1 aliphatic rings. The second-order valence-electron chi connectivity index (χ2n) is 6.95. The van der Waals surface area contributed by atoms with E-state index in [0.29, 0.717) is 5.92 Å². The fourth-order valence-corrected chi connectivity index (χ4v) is 3.72. The van der Waals surface area contributed by atoms with E-state index in [1.165, 1.54) is 11.9 Å². The van der Waals surface area contributed by atoms with Gasteiger partial charge in [0.05, 0.1) is 6.10 Å². The van der Waals surface area contributed by atoms with Crippen LogP contribution in [-0.4, -0.2) is 37.0 Å². The van der Waals surface area contributed by atoms with Crippen molar-refractivity contribution in [3.63, 3.8) is 0 Å². The van der Waals surface area contributed by atoms with Gasteiger partial charge in [0.15, 0.2) is 0 Å². The summed E-state index contributed by atoms with van der Waals surface area (Å²) in [4.78, 5) is 8.16. The molecule has 0 spiro atoms. The first-order valence-electron chi connectivity index (χ1n) is 9.01. The van der Waals surface area contributed by atoms with Crippen molar-refractivity contribution in [2.75, 3.05) is 0 Å². The lowest BCUT2D eigenvalue weighted by Crippen LogP contribution is -2.35. The first kappa shape index (κ1) is 16.9. The molecule has 26 heavy (non-hydrogen) atoms. The maximum absolute atomic E-state index is 10.4. The van der Waals surface area contributed by atoms with Gasteiger partial charge in [0, 0.05) is 49.5 Å². The zero-order chi connectivity index (χ0) is 17.8. The SMILES string of the molecule is O[C@@H]1CC(Cn2cccn2)C[C@H]1NCc1cccc(-c2cncnc2)c1. The lowest BCUT2D eigenvalue weighted by Gasteiger charge is -2.17. The summed E-state index contributed by atoms with van der Waals surface area (Å²) >= 11 is 0. The Kier molecular flexibility index (Phi) is 5.04. The Morgan fingerprint density at radius 2 is 2.00 bits per heavy atom. The van der Waals surface area contributed by atoms with Gasteiger partial charge in [0.2, 0.25) is 0 Å². The fourth-order valence-electron chi connectivity index (χ4n) is 3.72. The van der Waals surface area contributed by atoms with Crippen molar-refractivity contribution >= 4 is 0 Å². The Bertz CT molecular complexity index is 821. The molecule has 2 N–H and O–H groups in total. The average Bonchev–Trinajstić information content (AvgIpc) is 3.31. The van der Waals surface area contributed by atoms with Crippen molar-refractivity contribution in [1.82, 2.24) is 25.1 Å². The first-order chi connectivity index (χ1) is 12.8. The molecule has 6 nitrogen and oxygen atoms in total. The number of nitrogens with one attached hydrogen (secondary N) is 1. The van der Waals surface area contributed by atoms with Gasteiger partial charge in [0.1, 0.15) is 6.33 Å². The van der Waals surface area contributed by atoms with Crippen LogP contribution in [0, 0.1) is 5.92 Å². The lowest BCUT2D eigenvalue weighted by molar-refractivity contribution is 0.145. The predicted octanol–water partition coefficient (Wildman–Crippen LogP) is 2.27. The number of rotatable bonds is 6. The van der Waals surface area contributed by atoms with E-state index in [2.05, 4.69) is 38.6 Å². The van der Waals surface area contributed by atoms with Crippen LogP contribution in [-0.2, 0) is 13.1 Å². The van der Waals surface area contributed by atoms with Crippen LogP contribution in [0.2, 0.25) is 0 Å². The quantitative estimate of drug-likeness (QED) is 0.714. The van der Waals surface area contributed by atoms with Gasteiger partial charge in [-0.2, -0.15) is 5.10 Å². The lowest BCUT2D eigenvalue weighted by atomic mass is 10.1. The molecular weight excluding hydrogens is 326 g/mol. The van der Waals surface area contributed by atoms with Crippen LogP contribution in [0.25, 0.3) is 11.1 Å². The summed E-state index contributed by atoms with van der Waals surface area (Å²) in [6, 6.07) is 10.4. The third-order valence-corrected chi connectivity index (χ3v) is 5.02. The fraction of sp³-hybridized carbons (Fsp3) is 0.350. The summed E-state index contributed by atoms with van der Waals surface area (Å²) in [5.41, 5.74) is 3.30. The average molecular weight is 349 g/mol. The molecule has 1 fully saturated rings. The van der Waals surface area contributed by atoms with Gasteiger partial charge >= 0.3 is 0 Å². The number of hydrogen-bond acceptors (Lipinski definition) is 5. The molecule has 2 aromatic heterocycles. The van der Waals surface area contributed by atoms with Crippen LogP contribution in [0.5, 0.6) is 0 Å². The van der Waals surface area contributed by atoms with Crippen molar-refractivity contribution in [2.24, 2.45) is 5.92 Å². The van der Waals surface area contributed by atoms with E-state index >= 15 is 0 Å².